The Kier molecular flexibility index (Phi) is 3.42. The van der Waals surface area contributed by atoms with Crippen LogP contribution in [0.1, 0.15) is 11.3 Å². The van der Waals surface area contributed by atoms with Crippen molar-refractivity contribution in [2.24, 2.45) is 0 Å². The van der Waals surface area contributed by atoms with Crippen LogP contribution in [0.25, 0.3) is 21.9 Å². The van der Waals surface area contributed by atoms with E-state index < -0.39 is 0 Å². The van der Waals surface area contributed by atoms with Crippen LogP contribution in [0.15, 0.2) is 62.6 Å². The molecule has 0 aliphatic rings. The number of aromatic amines is 1. The maximum absolute atomic E-state index is 11.5. The van der Waals surface area contributed by atoms with Gasteiger partial charge in [0.2, 0.25) is 0 Å². The number of aromatic nitrogens is 2. The van der Waals surface area contributed by atoms with Crippen molar-refractivity contribution in [3.63, 3.8) is 0 Å². The van der Waals surface area contributed by atoms with Crippen molar-refractivity contribution in [3.05, 3.63) is 70.2 Å². The summed E-state index contributed by atoms with van der Waals surface area (Å²) in [5, 5.41) is 9.52. The van der Waals surface area contributed by atoms with Gasteiger partial charge in [0.15, 0.2) is 0 Å². The topological polar surface area (TPSA) is 58.9 Å². The zero-order valence-corrected chi connectivity index (χ0v) is 13.3. The summed E-state index contributed by atoms with van der Waals surface area (Å²) in [5.41, 5.74) is 3.33. The van der Waals surface area contributed by atoms with Crippen molar-refractivity contribution < 1.29 is 4.42 Å². The van der Waals surface area contributed by atoms with E-state index in [1.807, 2.05) is 37.3 Å². The molecule has 4 rings (SSSR count). The molecule has 0 spiro atoms. The molecule has 0 unspecified atom stereocenters. The van der Waals surface area contributed by atoms with E-state index in [0.29, 0.717) is 5.58 Å². The molecule has 0 radical (unpaired) electrons. The Morgan fingerprint density at radius 1 is 1.13 bits per heavy atom. The molecule has 2 aromatic carbocycles. The van der Waals surface area contributed by atoms with Crippen LogP contribution in [0, 0.1) is 6.92 Å². The van der Waals surface area contributed by atoms with Crippen LogP contribution in [0.4, 0.5) is 0 Å². The van der Waals surface area contributed by atoms with E-state index >= 15 is 0 Å². The highest BCUT2D eigenvalue weighted by atomic mass is 32.2. The zero-order valence-electron chi connectivity index (χ0n) is 12.5. The van der Waals surface area contributed by atoms with Crippen molar-refractivity contribution in [3.8, 4) is 0 Å². The molecule has 5 heteroatoms. The van der Waals surface area contributed by atoms with Gasteiger partial charge in [0.1, 0.15) is 5.58 Å². The number of fused-ring (bicyclic) bond motifs is 2. The van der Waals surface area contributed by atoms with E-state index in [0.717, 1.165) is 38.2 Å². The molecule has 4 nitrogen and oxygen atoms in total. The molecule has 0 saturated heterocycles. The number of hydrogen-bond acceptors (Lipinski definition) is 4. The summed E-state index contributed by atoms with van der Waals surface area (Å²) in [7, 11) is 0. The SMILES string of the molecule is Cc1cc(=O)oc2cc(SCc3[nH]nc4ccccc34)ccc12. The third-order valence-electron chi connectivity index (χ3n) is 3.85. The predicted octanol–water partition coefficient (Wildman–Crippen LogP) is 4.27. The van der Waals surface area contributed by atoms with Crippen LogP contribution >= 0.6 is 11.8 Å². The summed E-state index contributed by atoms with van der Waals surface area (Å²) >= 11 is 1.69. The number of H-pyrrole nitrogens is 1. The third kappa shape index (κ3) is 2.64. The molecule has 2 heterocycles. The molecule has 0 bridgehead atoms. The summed E-state index contributed by atoms with van der Waals surface area (Å²) in [5.74, 6) is 0.780. The van der Waals surface area contributed by atoms with Crippen molar-refractivity contribution >= 4 is 33.6 Å². The first-order valence-electron chi connectivity index (χ1n) is 7.30. The Labute approximate surface area is 136 Å². The maximum atomic E-state index is 11.5. The first kappa shape index (κ1) is 14.1. The second kappa shape index (κ2) is 5.59. The van der Waals surface area contributed by atoms with Gasteiger partial charge in [-0.15, -0.1) is 11.8 Å². The van der Waals surface area contributed by atoms with E-state index in [9.17, 15) is 4.79 Å². The second-order valence-corrected chi connectivity index (χ2v) is 6.46. The highest BCUT2D eigenvalue weighted by molar-refractivity contribution is 7.98. The van der Waals surface area contributed by atoms with Gasteiger partial charge in [-0.3, -0.25) is 5.10 Å². The molecule has 0 aliphatic carbocycles. The average molecular weight is 322 g/mol. The lowest BCUT2D eigenvalue weighted by atomic mass is 10.1. The van der Waals surface area contributed by atoms with E-state index in [2.05, 4.69) is 22.3 Å². The molecule has 1 N–H and O–H groups in total. The lowest BCUT2D eigenvalue weighted by molar-refractivity contribution is 0.559. The number of benzene rings is 2. The van der Waals surface area contributed by atoms with Crippen molar-refractivity contribution in [2.75, 3.05) is 0 Å². The predicted molar refractivity (Wildman–Crippen MR) is 92.9 cm³/mol. The van der Waals surface area contributed by atoms with Crippen LogP contribution in [0.5, 0.6) is 0 Å². The fraction of sp³-hybridized carbons (Fsp3) is 0.111. The summed E-state index contributed by atoms with van der Waals surface area (Å²) in [6.07, 6.45) is 0. The molecule has 0 saturated carbocycles. The van der Waals surface area contributed by atoms with Crippen LogP contribution < -0.4 is 5.63 Å². The number of nitrogens with zero attached hydrogens (tertiary/aromatic N) is 1. The quantitative estimate of drug-likeness (QED) is 0.452. The highest BCUT2D eigenvalue weighted by Crippen LogP contribution is 2.28. The van der Waals surface area contributed by atoms with E-state index in [1.165, 1.54) is 6.07 Å². The number of rotatable bonds is 3. The molecular formula is C18H14N2O2S. The van der Waals surface area contributed by atoms with E-state index in [4.69, 9.17) is 4.42 Å². The maximum Gasteiger partial charge on any atom is 0.336 e. The minimum atomic E-state index is -0.309. The smallest absolute Gasteiger partial charge is 0.336 e. The van der Waals surface area contributed by atoms with Crippen molar-refractivity contribution in [2.45, 2.75) is 17.6 Å². The molecular weight excluding hydrogens is 308 g/mol. The third-order valence-corrected chi connectivity index (χ3v) is 4.87. The van der Waals surface area contributed by atoms with Gasteiger partial charge in [-0.05, 0) is 36.8 Å². The summed E-state index contributed by atoms with van der Waals surface area (Å²) in [6, 6.07) is 15.6. The Balaban J connectivity index is 1.64. The molecule has 0 amide bonds. The van der Waals surface area contributed by atoms with Gasteiger partial charge in [0.25, 0.3) is 0 Å². The van der Waals surface area contributed by atoms with Gasteiger partial charge in [-0.1, -0.05) is 18.2 Å². The van der Waals surface area contributed by atoms with E-state index in [1.54, 1.807) is 11.8 Å². The molecule has 114 valence electrons. The molecule has 4 aromatic rings. The first-order valence-corrected chi connectivity index (χ1v) is 8.28. The molecule has 0 fully saturated rings. The number of nitrogens with one attached hydrogen (secondary N) is 1. The summed E-state index contributed by atoms with van der Waals surface area (Å²) < 4.78 is 5.30. The Morgan fingerprint density at radius 3 is 2.91 bits per heavy atom. The van der Waals surface area contributed by atoms with Gasteiger partial charge >= 0.3 is 5.63 Å². The lowest BCUT2D eigenvalue weighted by Crippen LogP contribution is -1.97. The Morgan fingerprint density at radius 2 is 2.00 bits per heavy atom. The van der Waals surface area contributed by atoms with Gasteiger partial charge in [-0.25, -0.2) is 4.79 Å². The monoisotopic (exact) mass is 322 g/mol. The Bertz CT molecular complexity index is 1070. The zero-order chi connectivity index (χ0) is 15.8. The number of aryl methyl sites for hydroxylation is 1. The van der Waals surface area contributed by atoms with Gasteiger partial charge < -0.3 is 4.42 Å². The summed E-state index contributed by atoms with van der Waals surface area (Å²) in [6.45, 7) is 1.92. The molecule has 0 atom stereocenters. The van der Waals surface area contributed by atoms with Crippen LogP contribution in [-0.4, -0.2) is 10.2 Å². The van der Waals surface area contributed by atoms with Crippen LogP contribution in [-0.2, 0) is 5.75 Å². The largest absolute Gasteiger partial charge is 0.423 e. The lowest BCUT2D eigenvalue weighted by Gasteiger charge is -2.04. The van der Waals surface area contributed by atoms with Crippen LogP contribution in [0.2, 0.25) is 0 Å². The van der Waals surface area contributed by atoms with Crippen molar-refractivity contribution in [1.82, 2.24) is 10.2 Å². The number of thioether (sulfide) groups is 1. The van der Waals surface area contributed by atoms with Crippen molar-refractivity contribution in [1.29, 1.82) is 0 Å². The minimum Gasteiger partial charge on any atom is -0.423 e. The molecule has 23 heavy (non-hydrogen) atoms. The highest BCUT2D eigenvalue weighted by Gasteiger charge is 2.07. The van der Waals surface area contributed by atoms with Gasteiger partial charge in [-0.2, -0.15) is 5.10 Å². The molecule has 0 aliphatic heterocycles. The number of para-hydroxylation sites is 1. The average Bonchev–Trinajstić information content (AvgIpc) is 2.95. The van der Waals surface area contributed by atoms with Gasteiger partial charge in [0.05, 0.1) is 11.2 Å². The Hall–Kier alpha value is -2.53. The molecule has 2 aromatic heterocycles. The second-order valence-electron chi connectivity index (χ2n) is 5.41. The fourth-order valence-corrected chi connectivity index (χ4v) is 3.56. The van der Waals surface area contributed by atoms with Gasteiger partial charge in [0, 0.05) is 27.5 Å². The first-order chi connectivity index (χ1) is 11.2. The number of hydrogen-bond donors (Lipinski definition) is 1. The van der Waals surface area contributed by atoms with Crippen LogP contribution in [0.3, 0.4) is 0 Å². The minimum absolute atomic E-state index is 0.309. The normalized spacial score (nSPS) is 11.3. The fourth-order valence-electron chi connectivity index (χ4n) is 2.67. The standard InChI is InChI=1S/C18H14N2O2S/c1-11-8-18(21)22-17-9-12(6-7-13(11)17)23-10-16-14-4-2-3-5-15(14)19-20-16/h2-9H,10H2,1H3,(H,19,20). The summed E-state index contributed by atoms with van der Waals surface area (Å²) in [4.78, 5) is 12.6. The van der Waals surface area contributed by atoms with E-state index in [-0.39, 0.29) is 5.63 Å².